The maximum Gasteiger partial charge on any atom is 0.270 e. The van der Waals surface area contributed by atoms with E-state index >= 15 is 0 Å². The second-order valence-electron chi connectivity index (χ2n) is 5.20. The van der Waals surface area contributed by atoms with Crippen molar-refractivity contribution in [3.05, 3.63) is 33.9 Å². The monoisotopic (exact) mass is 298 g/mol. The van der Waals surface area contributed by atoms with Crippen molar-refractivity contribution in [3.63, 3.8) is 0 Å². The maximum absolute atomic E-state index is 13.2. The number of benzene rings is 1. The van der Waals surface area contributed by atoms with Crippen LogP contribution in [-0.4, -0.2) is 23.8 Å². The lowest BCUT2D eigenvalue weighted by molar-refractivity contribution is -0.385. The van der Waals surface area contributed by atoms with Gasteiger partial charge in [0.1, 0.15) is 5.78 Å². The van der Waals surface area contributed by atoms with Gasteiger partial charge in [-0.15, -0.1) is 0 Å². The second kappa shape index (κ2) is 6.15. The third-order valence-electron chi connectivity index (χ3n) is 3.79. The number of alkyl halides is 2. The summed E-state index contributed by atoms with van der Waals surface area (Å²) in [5, 5.41) is 10.7. The third kappa shape index (κ3) is 3.34. The highest BCUT2D eigenvalue weighted by Gasteiger charge is 2.27. The fourth-order valence-electron chi connectivity index (χ4n) is 2.65. The number of Topliss-reactive ketones (excluding diaryl/α,β-unsaturated/α-hetero) is 1. The van der Waals surface area contributed by atoms with Gasteiger partial charge in [-0.2, -0.15) is 0 Å². The molecule has 0 aliphatic carbocycles. The molecule has 0 bridgehead atoms. The molecule has 1 atom stereocenters. The quantitative estimate of drug-likeness (QED) is 0.631. The van der Waals surface area contributed by atoms with Crippen LogP contribution in [0.25, 0.3) is 0 Å². The molecule has 0 aromatic heterocycles. The highest BCUT2D eigenvalue weighted by molar-refractivity contribution is 5.79. The number of ketones is 1. The number of halogens is 2. The topological polar surface area (TPSA) is 63.5 Å². The van der Waals surface area contributed by atoms with E-state index in [2.05, 4.69) is 0 Å². The van der Waals surface area contributed by atoms with E-state index in [0.717, 1.165) is 18.9 Å². The summed E-state index contributed by atoms with van der Waals surface area (Å²) in [5.41, 5.74) is -0.427. The zero-order valence-corrected chi connectivity index (χ0v) is 11.6. The van der Waals surface area contributed by atoms with Gasteiger partial charge in [0.15, 0.2) is 0 Å². The number of rotatable bonds is 4. The van der Waals surface area contributed by atoms with E-state index in [1.165, 1.54) is 19.1 Å². The van der Waals surface area contributed by atoms with Crippen LogP contribution in [0.2, 0.25) is 0 Å². The molecule has 1 aromatic carbocycles. The standard InChI is InChI=1S/C14H16F2N2O3/c1-9(19)10-3-2-6-17(8-10)13-5-4-11(18(20)21)7-12(13)14(15)16/h4-5,7,10,14H,2-3,6,8H2,1H3. The molecular formula is C14H16F2N2O3. The predicted octanol–water partition coefficient (Wildman–Crippen LogP) is 3.34. The number of hydrogen-bond donors (Lipinski definition) is 0. The fourth-order valence-corrected chi connectivity index (χ4v) is 2.65. The van der Waals surface area contributed by atoms with Gasteiger partial charge in [-0.05, 0) is 25.8 Å². The summed E-state index contributed by atoms with van der Waals surface area (Å²) in [6, 6.07) is 3.48. The zero-order valence-electron chi connectivity index (χ0n) is 11.6. The van der Waals surface area contributed by atoms with Crippen LogP contribution in [-0.2, 0) is 4.79 Å². The lowest BCUT2D eigenvalue weighted by Gasteiger charge is -2.34. The van der Waals surface area contributed by atoms with E-state index in [1.54, 1.807) is 4.90 Å². The first-order valence-corrected chi connectivity index (χ1v) is 6.72. The molecule has 1 aliphatic rings. The number of carbonyl (C=O) groups is 1. The predicted molar refractivity (Wildman–Crippen MR) is 73.7 cm³/mol. The van der Waals surface area contributed by atoms with Crippen LogP contribution in [0.5, 0.6) is 0 Å². The lowest BCUT2D eigenvalue weighted by Crippen LogP contribution is -2.38. The summed E-state index contributed by atoms with van der Waals surface area (Å²) < 4.78 is 26.3. The normalized spacial score (nSPS) is 18.9. The van der Waals surface area contributed by atoms with Crippen molar-refractivity contribution in [2.24, 2.45) is 5.92 Å². The Balaban J connectivity index is 2.34. The first-order chi connectivity index (χ1) is 9.90. The number of non-ortho nitro benzene ring substituents is 1. The Morgan fingerprint density at radius 3 is 2.76 bits per heavy atom. The number of carbonyl (C=O) groups excluding carboxylic acids is 1. The van der Waals surface area contributed by atoms with Crippen molar-refractivity contribution < 1.29 is 18.5 Å². The van der Waals surface area contributed by atoms with E-state index in [-0.39, 0.29) is 28.6 Å². The average molecular weight is 298 g/mol. The Kier molecular flexibility index (Phi) is 4.50. The van der Waals surface area contributed by atoms with E-state index in [4.69, 9.17) is 0 Å². The summed E-state index contributed by atoms with van der Waals surface area (Å²) in [4.78, 5) is 23.2. The molecule has 0 spiro atoms. The number of nitro groups is 1. The number of hydrogen-bond acceptors (Lipinski definition) is 4. The Hall–Kier alpha value is -2.05. The highest BCUT2D eigenvalue weighted by atomic mass is 19.3. The minimum absolute atomic E-state index is 0.0419. The molecule has 7 heteroatoms. The first kappa shape index (κ1) is 15.3. The Morgan fingerprint density at radius 1 is 1.48 bits per heavy atom. The molecule has 2 rings (SSSR count). The van der Waals surface area contributed by atoms with Gasteiger partial charge in [0.2, 0.25) is 0 Å². The van der Waals surface area contributed by atoms with Gasteiger partial charge >= 0.3 is 0 Å². The molecule has 1 aromatic rings. The summed E-state index contributed by atoms with van der Waals surface area (Å²) in [6.45, 7) is 2.45. The molecule has 0 radical (unpaired) electrons. The van der Waals surface area contributed by atoms with Crippen LogP contribution in [0.3, 0.4) is 0 Å². The molecular weight excluding hydrogens is 282 g/mol. The second-order valence-corrected chi connectivity index (χ2v) is 5.20. The number of nitro benzene ring substituents is 1. The van der Waals surface area contributed by atoms with Gasteiger partial charge in [-0.1, -0.05) is 0 Å². The molecule has 0 saturated carbocycles. The Morgan fingerprint density at radius 2 is 2.19 bits per heavy atom. The summed E-state index contributed by atoms with van der Waals surface area (Å²) >= 11 is 0. The van der Waals surface area contributed by atoms with E-state index in [1.807, 2.05) is 0 Å². The van der Waals surface area contributed by atoms with Gasteiger partial charge in [-0.3, -0.25) is 14.9 Å². The van der Waals surface area contributed by atoms with E-state index in [0.29, 0.717) is 13.1 Å². The number of piperidine rings is 1. The molecule has 1 saturated heterocycles. The van der Waals surface area contributed by atoms with Crippen LogP contribution < -0.4 is 4.90 Å². The van der Waals surface area contributed by atoms with E-state index < -0.39 is 11.3 Å². The summed E-state index contributed by atoms with van der Waals surface area (Å²) in [5.74, 6) is -0.125. The van der Waals surface area contributed by atoms with Crippen LogP contribution in [0.15, 0.2) is 18.2 Å². The molecule has 1 aliphatic heterocycles. The smallest absolute Gasteiger partial charge is 0.270 e. The molecule has 21 heavy (non-hydrogen) atoms. The van der Waals surface area contributed by atoms with Crippen LogP contribution in [0, 0.1) is 16.0 Å². The maximum atomic E-state index is 13.2. The molecule has 1 unspecified atom stereocenters. The molecule has 5 nitrogen and oxygen atoms in total. The molecule has 1 heterocycles. The van der Waals surface area contributed by atoms with Crippen molar-refractivity contribution in [3.8, 4) is 0 Å². The molecule has 1 fully saturated rings. The minimum atomic E-state index is -2.79. The van der Waals surface area contributed by atoms with E-state index in [9.17, 15) is 23.7 Å². The summed E-state index contributed by atoms with van der Waals surface area (Å²) in [6.07, 6.45) is -1.30. The van der Waals surface area contributed by atoms with Crippen LogP contribution in [0.4, 0.5) is 20.2 Å². The van der Waals surface area contributed by atoms with Crippen molar-refractivity contribution >= 4 is 17.2 Å². The highest BCUT2D eigenvalue weighted by Crippen LogP contribution is 2.35. The minimum Gasteiger partial charge on any atom is -0.370 e. The number of anilines is 1. The van der Waals surface area contributed by atoms with Crippen LogP contribution >= 0.6 is 0 Å². The largest absolute Gasteiger partial charge is 0.370 e. The summed E-state index contributed by atoms with van der Waals surface area (Å²) in [7, 11) is 0. The van der Waals surface area contributed by atoms with Crippen molar-refractivity contribution in [1.29, 1.82) is 0 Å². The SMILES string of the molecule is CC(=O)C1CCCN(c2ccc([N+](=O)[O-])cc2C(F)F)C1. The molecule has 0 amide bonds. The van der Waals surface area contributed by atoms with Gasteiger partial charge in [0, 0.05) is 42.4 Å². The van der Waals surface area contributed by atoms with Crippen molar-refractivity contribution in [2.45, 2.75) is 26.2 Å². The van der Waals surface area contributed by atoms with Crippen LogP contribution in [0.1, 0.15) is 31.8 Å². The molecule has 114 valence electrons. The average Bonchev–Trinajstić information content (AvgIpc) is 2.46. The number of nitrogens with zero attached hydrogens (tertiary/aromatic N) is 2. The Labute approximate surface area is 120 Å². The van der Waals surface area contributed by atoms with Gasteiger partial charge < -0.3 is 4.90 Å². The van der Waals surface area contributed by atoms with Gasteiger partial charge in [-0.25, -0.2) is 8.78 Å². The fraction of sp³-hybridized carbons (Fsp3) is 0.500. The van der Waals surface area contributed by atoms with Gasteiger partial charge in [0.25, 0.3) is 12.1 Å². The Bertz CT molecular complexity index is 563. The first-order valence-electron chi connectivity index (χ1n) is 6.72. The third-order valence-corrected chi connectivity index (χ3v) is 3.79. The van der Waals surface area contributed by atoms with Crippen molar-refractivity contribution in [1.82, 2.24) is 0 Å². The van der Waals surface area contributed by atoms with Crippen molar-refractivity contribution in [2.75, 3.05) is 18.0 Å². The molecule has 0 N–H and O–H groups in total. The zero-order chi connectivity index (χ0) is 15.6. The van der Waals surface area contributed by atoms with Gasteiger partial charge in [0.05, 0.1) is 4.92 Å². The lowest BCUT2D eigenvalue weighted by atomic mass is 9.93.